The minimum atomic E-state index is 0. The predicted molar refractivity (Wildman–Crippen MR) is 121 cm³/mol. The molecule has 7 heteroatoms. The van der Waals surface area contributed by atoms with Crippen molar-refractivity contribution in [2.24, 2.45) is 4.99 Å². The fourth-order valence-corrected chi connectivity index (χ4v) is 3.11. The number of nitrogens with zero attached hydrogens (tertiary/aromatic N) is 2. The number of aryl methyl sites for hydroxylation is 1. The third kappa shape index (κ3) is 6.68. The summed E-state index contributed by atoms with van der Waals surface area (Å²) in [6.07, 6.45) is 3.82. The highest BCUT2D eigenvalue weighted by Gasteiger charge is 2.06. The fraction of sp³-hybridized carbons (Fsp3) is 0.368. The Morgan fingerprint density at radius 1 is 1.23 bits per heavy atom. The van der Waals surface area contributed by atoms with Crippen LogP contribution in [0.25, 0.3) is 0 Å². The molecule has 0 bridgehead atoms. The van der Waals surface area contributed by atoms with E-state index in [2.05, 4.69) is 53.9 Å². The quantitative estimate of drug-likeness (QED) is 0.268. The molecule has 2 N–H and O–H groups in total. The van der Waals surface area contributed by atoms with Crippen molar-refractivity contribution < 1.29 is 4.74 Å². The van der Waals surface area contributed by atoms with Crippen molar-refractivity contribution in [3.63, 3.8) is 0 Å². The third-order valence-electron chi connectivity index (χ3n) is 3.68. The maximum atomic E-state index is 5.29. The molecule has 0 fully saturated rings. The highest BCUT2D eigenvalue weighted by Crippen LogP contribution is 2.22. The van der Waals surface area contributed by atoms with E-state index in [0.29, 0.717) is 19.0 Å². The number of rotatable bonds is 7. The number of aliphatic imine (C=N–C) groups is 1. The Labute approximate surface area is 177 Å². The molecule has 5 nitrogen and oxygen atoms in total. The Hall–Kier alpha value is -1.48. The van der Waals surface area contributed by atoms with E-state index in [9.17, 15) is 0 Å². The summed E-state index contributed by atoms with van der Waals surface area (Å²) in [4.78, 5) is 10.2. The maximum Gasteiger partial charge on any atom is 0.218 e. The van der Waals surface area contributed by atoms with Crippen LogP contribution < -0.4 is 15.4 Å². The second kappa shape index (κ2) is 12.0. The number of aromatic nitrogens is 1. The second-order valence-corrected chi connectivity index (χ2v) is 6.38. The summed E-state index contributed by atoms with van der Waals surface area (Å²) < 4.78 is 5.29. The molecule has 26 heavy (non-hydrogen) atoms. The first-order chi connectivity index (χ1) is 12.2. The molecule has 0 amide bonds. The summed E-state index contributed by atoms with van der Waals surface area (Å²) >= 11 is 1.75. The van der Waals surface area contributed by atoms with Gasteiger partial charge in [0.2, 0.25) is 5.88 Å². The Morgan fingerprint density at radius 2 is 2.04 bits per heavy atom. The van der Waals surface area contributed by atoms with Gasteiger partial charge in [0.15, 0.2) is 5.96 Å². The lowest BCUT2D eigenvalue weighted by molar-refractivity contribution is 0.392. The van der Waals surface area contributed by atoms with Gasteiger partial charge < -0.3 is 15.4 Å². The second-order valence-electron chi connectivity index (χ2n) is 5.54. The lowest BCUT2D eigenvalue weighted by Crippen LogP contribution is -2.36. The highest BCUT2D eigenvalue weighted by molar-refractivity contribution is 14.0. The SMILES string of the molecule is CCNC(=NCc1ccc(C)cc1SC)NCc1cccnc1OC.I. The van der Waals surface area contributed by atoms with E-state index in [1.54, 1.807) is 25.1 Å². The van der Waals surface area contributed by atoms with E-state index in [1.165, 1.54) is 16.0 Å². The largest absolute Gasteiger partial charge is 0.481 e. The number of benzene rings is 1. The van der Waals surface area contributed by atoms with Crippen LogP contribution >= 0.6 is 35.7 Å². The van der Waals surface area contributed by atoms with Crippen LogP contribution in [0.3, 0.4) is 0 Å². The molecule has 0 aliphatic heterocycles. The third-order valence-corrected chi connectivity index (χ3v) is 4.50. The summed E-state index contributed by atoms with van der Waals surface area (Å²) in [7, 11) is 1.63. The van der Waals surface area contributed by atoms with Crippen LogP contribution in [-0.2, 0) is 13.1 Å². The average molecular weight is 486 g/mol. The Morgan fingerprint density at radius 3 is 2.73 bits per heavy atom. The first-order valence-corrected chi connectivity index (χ1v) is 9.54. The summed E-state index contributed by atoms with van der Waals surface area (Å²) in [6, 6.07) is 10.4. The number of hydrogen-bond acceptors (Lipinski definition) is 4. The zero-order chi connectivity index (χ0) is 18.1. The van der Waals surface area contributed by atoms with Gasteiger partial charge in [-0.05, 0) is 43.4 Å². The molecule has 2 aromatic rings. The molecule has 0 atom stereocenters. The van der Waals surface area contributed by atoms with Crippen molar-refractivity contribution in [2.75, 3.05) is 19.9 Å². The van der Waals surface area contributed by atoms with Gasteiger partial charge in [-0.3, -0.25) is 0 Å². The smallest absolute Gasteiger partial charge is 0.218 e. The molecule has 0 aliphatic rings. The number of ether oxygens (including phenoxy) is 1. The van der Waals surface area contributed by atoms with Crippen LogP contribution in [0.15, 0.2) is 46.4 Å². The van der Waals surface area contributed by atoms with E-state index in [-0.39, 0.29) is 24.0 Å². The highest BCUT2D eigenvalue weighted by atomic mass is 127. The minimum absolute atomic E-state index is 0. The van der Waals surface area contributed by atoms with E-state index in [1.807, 2.05) is 12.1 Å². The molecule has 0 radical (unpaired) electrons. The lowest BCUT2D eigenvalue weighted by atomic mass is 10.1. The van der Waals surface area contributed by atoms with Crippen molar-refractivity contribution in [1.29, 1.82) is 0 Å². The molecule has 1 aromatic carbocycles. The van der Waals surface area contributed by atoms with E-state index >= 15 is 0 Å². The molecule has 0 spiro atoms. The number of nitrogens with one attached hydrogen (secondary N) is 2. The van der Waals surface area contributed by atoms with Gasteiger partial charge in [-0.25, -0.2) is 9.98 Å². The molecule has 0 saturated heterocycles. The van der Waals surface area contributed by atoms with Gasteiger partial charge in [0.1, 0.15) is 0 Å². The summed E-state index contributed by atoms with van der Waals surface area (Å²) in [5.41, 5.74) is 3.50. The van der Waals surface area contributed by atoms with Crippen molar-refractivity contribution in [2.45, 2.75) is 31.8 Å². The molecule has 0 aliphatic carbocycles. The molecule has 0 unspecified atom stereocenters. The van der Waals surface area contributed by atoms with Crippen molar-refractivity contribution in [3.05, 3.63) is 53.2 Å². The number of thioether (sulfide) groups is 1. The molecule has 142 valence electrons. The fourth-order valence-electron chi connectivity index (χ4n) is 2.41. The molecule has 2 rings (SSSR count). The number of methoxy groups -OCH3 is 1. The van der Waals surface area contributed by atoms with Crippen LogP contribution in [-0.4, -0.2) is 30.9 Å². The Bertz CT molecular complexity index is 724. The number of guanidine groups is 1. The first-order valence-electron chi connectivity index (χ1n) is 8.31. The minimum Gasteiger partial charge on any atom is -0.481 e. The molecule has 1 heterocycles. The number of pyridine rings is 1. The predicted octanol–water partition coefficient (Wildman–Crippen LogP) is 3.99. The average Bonchev–Trinajstić information content (AvgIpc) is 2.64. The topological polar surface area (TPSA) is 58.5 Å². The van der Waals surface area contributed by atoms with E-state index in [4.69, 9.17) is 9.73 Å². The molecule has 0 saturated carbocycles. The van der Waals surface area contributed by atoms with Crippen LogP contribution in [0.4, 0.5) is 0 Å². The zero-order valence-electron chi connectivity index (χ0n) is 15.7. The monoisotopic (exact) mass is 486 g/mol. The van der Waals surface area contributed by atoms with Crippen LogP contribution in [0.5, 0.6) is 5.88 Å². The van der Waals surface area contributed by atoms with Crippen LogP contribution in [0.1, 0.15) is 23.6 Å². The summed E-state index contributed by atoms with van der Waals surface area (Å²) in [5, 5.41) is 6.62. The van der Waals surface area contributed by atoms with Crippen molar-refractivity contribution in [3.8, 4) is 5.88 Å². The molecular formula is C19H27IN4OS. The lowest BCUT2D eigenvalue weighted by Gasteiger charge is -2.13. The molecular weight excluding hydrogens is 459 g/mol. The van der Waals surface area contributed by atoms with Gasteiger partial charge in [-0.2, -0.15) is 0 Å². The Kier molecular flexibility index (Phi) is 10.4. The number of hydrogen-bond donors (Lipinski definition) is 2. The molecule has 1 aromatic heterocycles. The van der Waals surface area contributed by atoms with Gasteiger partial charge in [-0.15, -0.1) is 35.7 Å². The first kappa shape index (κ1) is 22.6. The van der Waals surface area contributed by atoms with E-state index in [0.717, 1.165) is 18.1 Å². The summed E-state index contributed by atoms with van der Waals surface area (Å²) in [6.45, 7) is 6.21. The van der Waals surface area contributed by atoms with Crippen molar-refractivity contribution in [1.82, 2.24) is 15.6 Å². The van der Waals surface area contributed by atoms with Crippen molar-refractivity contribution >= 4 is 41.7 Å². The van der Waals surface area contributed by atoms with Gasteiger partial charge in [0.25, 0.3) is 0 Å². The van der Waals surface area contributed by atoms with Gasteiger partial charge >= 0.3 is 0 Å². The summed E-state index contributed by atoms with van der Waals surface area (Å²) in [5.74, 6) is 1.41. The van der Waals surface area contributed by atoms with Gasteiger partial charge in [-0.1, -0.05) is 18.2 Å². The van der Waals surface area contributed by atoms with Crippen LogP contribution in [0.2, 0.25) is 0 Å². The zero-order valence-corrected chi connectivity index (χ0v) is 18.9. The van der Waals surface area contributed by atoms with Crippen LogP contribution in [0, 0.1) is 6.92 Å². The van der Waals surface area contributed by atoms with Gasteiger partial charge in [0.05, 0.1) is 13.7 Å². The number of halogens is 1. The standard InChI is InChI=1S/C19H26N4OS.HI/c1-5-20-19(23-13-16-7-6-10-21-18(16)24-3)22-12-15-9-8-14(2)11-17(15)25-4;/h6-11H,5,12-13H2,1-4H3,(H2,20,22,23);1H. The maximum absolute atomic E-state index is 5.29. The van der Waals surface area contributed by atoms with Gasteiger partial charge in [0, 0.05) is 29.7 Å². The Balaban J connectivity index is 0.00000338. The normalized spacial score (nSPS) is 10.8. The van der Waals surface area contributed by atoms with E-state index < -0.39 is 0 Å².